The Hall–Kier alpha value is -1.51. The number of phenolic OH excluding ortho intramolecular Hbond substituents is 1. The van der Waals surface area contributed by atoms with Crippen LogP contribution in [-0.4, -0.2) is 11.1 Å². The van der Waals surface area contributed by atoms with Crippen LogP contribution in [0.4, 0.5) is 4.39 Å². The number of phenols is 1. The molecule has 0 aliphatic heterocycles. The molecule has 0 bridgehead atoms. The lowest BCUT2D eigenvalue weighted by atomic mass is 9.97. The predicted molar refractivity (Wildman–Crippen MR) is 174 cm³/mol. The number of carboxylic acid groups (broad SMARTS) is 1. The number of carbonyl (C=O) groups is 1. The second-order valence-corrected chi connectivity index (χ2v) is 13.7. The minimum atomic E-state index is -1.03. The fraction of sp³-hybridized carbons (Fsp3) is 0.138. The zero-order valence-corrected chi connectivity index (χ0v) is 27.0. The minimum absolute atomic E-state index is 0.115. The second kappa shape index (κ2) is 12.6. The molecule has 3 nitrogen and oxygen atoms in total. The van der Waals surface area contributed by atoms with Crippen LogP contribution in [0, 0.1) is 22.4 Å². The number of carboxylic acids is 1. The van der Waals surface area contributed by atoms with Gasteiger partial charge in [0.2, 0.25) is 0 Å². The Kier molecular flexibility index (Phi) is 9.68. The standard InChI is InChI=1S/C18H12FS.C11H11I3O3/c19-13-9-11-14(12-10-13)20-17-7-3-1-5-15(17)16-6-2-4-8-18(16)20;1-2-5(11(16)17)3-6-7(12)4-8(13)10(15)9(6)14/h1-12H;4-5,15H,2-3H2,1H3,(H,16,17)/q+1;/p-1. The number of benzene rings is 4. The summed E-state index contributed by atoms with van der Waals surface area (Å²) in [5.74, 6) is -1.48. The van der Waals surface area contributed by atoms with E-state index in [0.29, 0.717) is 12.8 Å². The van der Waals surface area contributed by atoms with Crippen molar-refractivity contribution in [3.05, 3.63) is 101 Å². The average molecular weight is 850 g/mol. The normalized spacial score (nSPS) is 11.8. The third kappa shape index (κ3) is 6.22. The Morgan fingerprint density at radius 2 is 1.46 bits per heavy atom. The monoisotopic (exact) mass is 850 g/mol. The van der Waals surface area contributed by atoms with Gasteiger partial charge in [-0.1, -0.05) is 31.2 Å². The lowest BCUT2D eigenvalue weighted by Crippen LogP contribution is -2.32. The molecule has 0 saturated heterocycles. The Balaban J connectivity index is 0.000000176. The number of aliphatic carboxylic acids is 1. The first kappa shape index (κ1) is 28.5. The van der Waals surface area contributed by atoms with Gasteiger partial charge in [0.25, 0.3) is 0 Å². The number of halogens is 4. The van der Waals surface area contributed by atoms with Crippen molar-refractivity contribution in [1.82, 2.24) is 0 Å². The van der Waals surface area contributed by atoms with Gasteiger partial charge < -0.3 is 15.0 Å². The molecule has 8 heteroatoms. The summed E-state index contributed by atoms with van der Waals surface area (Å²) in [6, 6.07) is 25.8. The molecule has 0 aliphatic carbocycles. The summed E-state index contributed by atoms with van der Waals surface area (Å²) in [6.07, 6.45) is 0.932. The molecule has 0 radical (unpaired) electrons. The molecule has 4 aromatic carbocycles. The number of fused-ring (bicyclic) bond motifs is 3. The molecule has 0 saturated carbocycles. The van der Waals surface area contributed by atoms with Crippen LogP contribution in [0.3, 0.4) is 0 Å². The van der Waals surface area contributed by atoms with Gasteiger partial charge in [-0.25, -0.2) is 4.39 Å². The van der Waals surface area contributed by atoms with E-state index in [1.54, 1.807) is 12.1 Å². The van der Waals surface area contributed by atoms with Gasteiger partial charge >= 0.3 is 0 Å². The molecule has 0 fully saturated rings. The van der Waals surface area contributed by atoms with Crippen molar-refractivity contribution >= 4 is 104 Å². The quantitative estimate of drug-likeness (QED) is 0.143. The van der Waals surface area contributed by atoms with Crippen molar-refractivity contribution in [1.29, 1.82) is 0 Å². The minimum Gasteiger partial charge on any atom is -0.550 e. The van der Waals surface area contributed by atoms with Crippen molar-refractivity contribution in [2.24, 2.45) is 5.92 Å². The predicted octanol–water partition coefficient (Wildman–Crippen LogP) is 8.40. The van der Waals surface area contributed by atoms with Crippen LogP contribution in [0.25, 0.3) is 25.1 Å². The van der Waals surface area contributed by atoms with Gasteiger partial charge in [0.15, 0.2) is 14.3 Å². The molecule has 1 heterocycles. The first-order valence-electron chi connectivity index (χ1n) is 11.5. The van der Waals surface area contributed by atoms with Gasteiger partial charge in [0.05, 0.1) is 7.14 Å². The first-order valence-corrected chi connectivity index (χ1v) is 15.9. The van der Waals surface area contributed by atoms with Gasteiger partial charge in [-0.3, -0.25) is 0 Å². The zero-order valence-electron chi connectivity index (χ0n) is 19.7. The highest BCUT2D eigenvalue weighted by atomic mass is 127. The highest BCUT2D eigenvalue weighted by Gasteiger charge is 2.22. The molecular weight excluding hydrogens is 828 g/mol. The van der Waals surface area contributed by atoms with E-state index in [9.17, 15) is 19.4 Å². The fourth-order valence-corrected chi connectivity index (χ4v) is 10.3. The average Bonchev–Trinajstić information content (AvgIpc) is 3.23. The Morgan fingerprint density at radius 3 is 1.97 bits per heavy atom. The van der Waals surface area contributed by atoms with E-state index < -0.39 is 11.9 Å². The van der Waals surface area contributed by atoms with Crippen LogP contribution in [0.15, 0.2) is 78.9 Å². The van der Waals surface area contributed by atoms with Crippen molar-refractivity contribution in [2.45, 2.75) is 19.8 Å². The van der Waals surface area contributed by atoms with E-state index in [2.05, 4.69) is 116 Å². The van der Waals surface area contributed by atoms with E-state index in [-0.39, 0.29) is 22.0 Å². The molecule has 0 spiro atoms. The van der Waals surface area contributed by atoms with Crippen LogP contribution < -0.4 is 5.11 Å². The van der Waals surface area contributed by atoms with Gasteiger partial charge in [0, 0.05) is 48.8 Å². The Bertz CT molecular complexity index is 1530. The maximum atomic E-state index is 13.2. The maximum Gasteiger partial charge on any atom is 0.187 e. The zero-order chi connectivity index (χ0) is 26.7. The number of hydrogen-bond donors (Lipinski definition) is 1. The molecular formula is C29H22FI3O3S. The molecule has 1 unspecified atom stereocenters. The molecule has 37 heavy (non-hydrogen) atoms. The molecule has 190 valence electrons. The van der Waals surface area contributed by atoms with E-state index in [4.69, 9.17) is 0 Å². The summed E-state index contributed by atoms with van der Waals surface area (Å²) in [5.41, 5.74) is 0.889. The molecule has 1 aromatic heterocycles. The highest BCUT2D eigenvalue weighted by molar-refractivity contribution is 14.1. The SMILES string of the molecule is CCC(Cc1c(I)cc(I)c(O)c1I)C(=O)[O-].Fc1ccc(-[s+]2c3ccccc3c3ccccc32)cc1. The smallest absolute Gasteiger partial charge is 0.187 e. The lowest BCUT2D eigenvalue weighted by Gasteiger charge is -2.18. The van der Waals surface area contributed by atoms with E-state index in [1.165, 1.54) is 25.1 Å². The molecule has 0 amide bonds. The highest BCUT2D eigenvalue weighted by Crippen LogP contribution is 2.48. The van der Waals surface area contributed by atoms with E-state index in [0.717, 1.165) is 16.3 Å². The van der Waals surface area contributed by atoms with Gasteiger partial charge in [-0.15, -0.1) is 0 Å². The molecule has 0 aliphatic rings. The number of carbonyl (C=O) groups excluding carboxylic acids is 1. The molecule has 5 rings (SSSR count). The third-order valence-electron chi connectivity index (χ3n) is 6.07. The number of aromatic hydroxyl groups is 1. The number of rotatable bonds is 5. The molecule has 5 aromatic rings. The largest absolute Gasteiger partial charge is 0.550 e. The summed E-state index contributed by atoms with van der Waals surface area (Å²) in [7, 11) is -0.115. The van der Waals surface area contributed by atoms with Crippen LogP contribution in [0.1, 0.15) is 18.9 Å². The van der Waals surface area contributed by atoms with Crippen LogP contribution in [-0.2, 0) is 11.2 Å². The molecule has 1 atom stereocenters. The first-order chi connectivity index (χ1) is 17.7. The van der Waals surface area contributed by atoms with E-state index in [1.807, 2.05) is 25.1 Å². The summed E-state index contributed by atoms with van der Waals surface area (Å²) in [4.78, 5) is 12.1. The van der Waals surface area contributed by atoms with Crippen LogP contribution >= 0.6 is 78.2 Å². The van der Waals surface area contributed by atoms with Crippen molar-refractivity contribution in [2.75, 3.05) is 0 Å². The van der Waals surface area contributed by atoms with Crippen molar-refractivity contribution < 1.29 is 19.4 Å². The van der Waals surface area contributed by atoms with E-state index >= 15 is 0 Å². The Labute approximate surface area is 258 Å². The Morgan fingerprint density at radius 1 is 0.919 bits per heavy atom. The van der Waals surface area contributed by atoms with Gasteiger partial charge in [0.1, 0.15) is 11.6 Å². The third-order valence-corrected chi connectivity index (χ3v) is 11.4. The second-order valence-electron chi connectivity index (χ2n) is 8.36. The summed E-state index contributed by atoms with van der Waals surface area (Å²) < 4.78 is 18.3. The van der Waals surface area contributed by atoms with Gasteiger partial charge in [-0.05, 0) is 129 Å². The summed E-state index contributed by atoms with van der Waals surface area (Å²) in [6.45, 7) is 1.83. The topological polar surface area (TPSA) is 60.4 Å². The van der Waals surface area contributed by atoms with Gasteiger partial charge in [-0.2, -0.15) is 0 Å². The lowest BCUT2D eigenvalue weighted by molar-refractivity contribution is -0.311. The number of thiophene rings is 1. The van der Waals surface area contributed by atoms with Crippen LogP contribution in [0.2, 0.25) is 0 Å². The fourth-order valence-electron chi connectivity index (χ4n) is 4.12. The summed E-state index contributed by atoms with van der Waals surface area (Å²) >= 11 is 6.28. The number of hydrogen-bond acceptors (Lipinski definition) is 3. The van der Waals surface area contributed by atoms with Crippen molar-refractivity contribution in [3.8, 4) is 10.6 Å². The summed E-state index contributed by atoms with van der Waals surface area (Å²) in [5, 5.41) is 23.4. The molecule has 1 N–H and O–H groups in total. The van der Waals surface area contributed by atoms with Crippen molar-refractivity contribution in [3.63, 3.8) is 0 Å². The van der Waals surface area contributed by atoms with Crippen LogP contribution in [0.5, 0.6) is 5.75 Å². The maximum absolute atomic E-state index is 13.2.